The maximum absolute atomic E-state index is 5.83. The largest absolute Gasteiger partial charge is 0.313 e. The molecule has 1 rings (SSSR count). The zero-order valence-electron chi connectivity index (χ0n) is 11.7. The van der Waals surface area contributed by atoms with Gasteiger partial charge in [0.1, 0.15) is 0 Å². The van der Waals surface area contributed by atoms with Crippen LogP contribution in [0.25, 0.3) is 0 Å². The Labute approximate surface area is 120 Å². The number of halogens is 1. The van der Waals surface area contributed by atoms with Gasteiger partial charge in [0.05, 0.1) is 10.0 Å². The Hall–Kier alpha value is -0.250. The molecule has 0 spiro atoms. The number of nitrogens with zero attached hydrogens (tertiary/aromatic N) is 1. The maximum Gasteiger partial charge on any atom is 0.0961 e. The number of nitrogens with one attached hydrogen (secondary N) is 1. The highest BCUT2D eigenvalue weighted by Gasteiger charge is 2.23. The second kappa shape index (κ2) is 7.37. The molecule has 0 saturated heterocycles. The molecule has 0 aliphatic heterocycles. The summed E-state index contributed by atoms with van der Waals surface area (Å²) in [5, 5.41) is 5.34. The quantitative estimate of drug-likeness (QED) is 0.792. The van der Waals surface area contributed by atoms with E-state index in [4.69, 9.17) is 11.6 Å². The molecule has 0 aliphatic rings. The van der Waals surface area contributed by atoms with Gasteiger partial charge in [-0.05, 0) is 30.5 Å². The summed E-state index contributed by atoms with van der Waals surface area (Å²) in [6.07, 6.45) is 2.87. The highest BCUT2D eigenvalue weighted by Crippen LogP contribution is 2.26. The third kappa shape index (κ3) is 5.59. The van der Waals surface area contributed by atoms with Crippen LogP contribution in [0.4, 0.5) is 0 Å². The van der Waals surface area contributed by atoms with Gasteiger partial charge in [0, 0.05) is 18.0 Å². The number of aromatic nitrogens is 1. The van der Waals surface area contributed by atoms with Gasteiger partial charge in [0.2, 0.25) is 0 Å². The second-order valence-electron chi connectivity index (χ2n) is 5.50. The molecule has 0 saturated carbocycles. The molecular formula is C14H23ClN2S. The molecule has 0 radical (unpaired) electrons. The van der Waals surface area contributed by atoms with Gasteiger partial charge in [0.25, 0.3) is 0 Å². The van der Waals surface area contributed by atoms with E-state index in [0.717, 1.165) is 23.7 Å². The van der Waals surface area contributed by atoms with Crippen molar-refractivity contribution < 1.29 is 0 Å². The van der Waals surface area contributed by atoms with E-state index >= 15 is 0 Å². The van der Waals surface area contributed by atoms with E-state index < -0.39 is 0 Å². The first-order valence-electron chi connectivity index (χ1n) is 6.41. The van der Waals surface area contributed by atoms with Crippen molar-refractivity contribution in [3.8, 4) is 0 Å². The van der Waals surface area contributed by atoms with E-state index in [1.807, 2.05) is 12.1 Å². The lowest BCUT2D eigenvalue weighted by atomic mass is 9.88. The molecule has 18 heavy (non-hydrogen) atoms. The SMILES string of the molecule is CCCNC(CSc1ccc(Cl)cn1)C(C)(C)C. The normalized spacial score (nSPS) is 13.6. The van der Waals surface area contributed by atoms with Crippen molar-refractivity contribution in [1.82, 2.24) is 10.3 Å². The van der Waals surface area contributed by atoms with Crippen molar-refractivity contribution in [2.75, 3.05) is 12.3 Å². The van der Waals surface area contributed by atoms with Crippen LogP contribution in [0, 0.1) is 5.41 Å². The summed E-state index contributed by atoms with van der Waals surface area (Å²) in [6, 6.07) is 4.36. The molecule has 0 bridgehead atoms. The molecule has 1 aromatic rings. The average molecular weight is 287 g/mol. The molecule has 102 valence electrons. The van der Waals surface area contributed by atoms with Gasteiger partial charge >= 0.3 is 0 Å². The first-order chi connectivity index (χ1) is 8.43. The third-order valence-electron chi connectivity index (χ3n) is 2.78. The van der Waals surface area contributed by atoms with Crippen LogP contribution >= 0.6 is 23.4 Å². The van der Waals surface area contributed by atoms with E-state index in [9.17, 15) is 0 Å². The first kappa shape index (κ1) is 15.8. The van der Waals surface area contributed by atoms with Crippen LogP contribution in [0.1, 0.15) is 34.1 Å². The molecule has 0 aromatic carbocycles. The second-order valence-corrected chi connectivity index (χ2v) is 6.98. The molecule has 1 N–H and O–H groups in total. The van der Waals surface area contributed by atoms with Gasteiger partial charge in [0.15, 0.2) is 0 Å². The van der Waals surface area contributed by atoms with Gasteiger partial charge in [-0.3, -0.25) is 0 Å². The van der Waals surface area contributed by atoms with Gasteiger partial charge < -0.3 is 5.32 Å². The summed E-state index contributed by atoms with van der Waals surface area (Å²) in [5.74, 6) is 1.03. The summed E-state index contributed by atoms with van der Waals surface area (Å²) >= 11 is 7.61. The Kier molecular flexibility index (Phi) is 6.47. The van der Waals surface area contributed by atoms with Gasteiger partial charge in [-0.1, -0.05) is 39.3 Å². The van der Waals surface area contributed by atoms with Crippen LogP contribution < -0.4 is 5.32 Å². The fourth-order valence-electron chi connectivity index (χ4n) is 1.55. The summed E-state index contributed by atoms with van der Waals surface area (Å²) < 4.78 is 0. The van der Waals surface area contributed by atoms with E-state index in [-0.39, 0.29) is 5.41 Å². The highest BCUT2D eigenvalue weighted by molar-refractivity contribution is 7.99. The number of hydrogen-bond acceptors (Lipinski definition) is 3. The van der Waals surface area contributed by atoms with E-state index in [2.05, 4.69) is 38.0 Å². The molecule has 1 heterocycles. The van der Waals surface area contributed by atoms with Crippen LogP contribution in [0.5, 0.6) is 0 Å². The number of rotatable bonds is 6. The molecule has 2 nitrogen and oxygen atoms in total. The van der Waals surface area contributed by atoms with Crippen LogP contribution in [-0.4, -0.2) is 23.3 Å². The summed E-state index contributed by atoms with van der Waals surface area (Å²) in [5.41, 5.74) is 0.259. The minimum absolute atomic E-state index is 0.259. The van der Waals surface area contributed by atoms with Crippen molar-refractivity contribution in [3.63, 3.8) is 0 Å². The van der Waals surface area contributed by atoms with Crippen molar-refractivity contribution in [3.05, 3.63) is 23.4 Å². The van der Waals surface area contributed by atoms with Crippen molar-refractivity contribution in [1.29, 1.82) is 0 Å². The maximum atomic E-state index is 5.83. The van der Waals surface area contributed by atoms with Crippen LogP contribution in [-0.2, 0) is 0 Å². The van der Waals surface area contributed by atoms with E-state index in [1.165, 1.54) is 0 Å². The van der Waals surface area contributed by atoms with E-state index in [1.54, 1.807) is 18.0 Å². The lowest BCUT2D eigenvalue weighted by molar-refractivity contribution is 0.292. The standard InChI is InChI=1S/C14H23ClN2S/c1-5-8-16-12(14(2,3)4)10-18-13-7-6-11(15)9-17-13/h6-7,9,12,16H,5,8,10H2,1-4H3. The molecule has 4 heteroatoms. The van der Waals surface area contributed by atoms with Gasteiger partial charge in [-0.2, -0.15) is 0 Å². The molecule has 0 fully saturated rings. The minimum Gasteiger partial charge on any atom is -0.313 e. The van der Waals surface area contributed by atoms with Gasteiger partial charge in [-0.25, -0.2) is 4.98 Å². The topological polar surface area (TPSA) is 24.9 Å². The van der Waals surface area contributed by atoms with Crippen molar-refractivity contribution in [2.24, 2.45) is 5.41 Å². The molecular weight excluding hydrogens is 264 g/mol. The molecule has 1 atom stereocenters. The Morgan fingerprint density at radius 1 is 1.39 bits per heavy atom. The summed E-state index contributed by atoms with van der Waals surface area (Å²) in [4.78, 5) is 4.32. The monoisotopic (exact) mass is 286 g/mol. The lowest BCUT2D eigenvalue weighted by Crippen LogP contribution is -2.42. The smallest absolute Gasteiger partial charge is 0.0961 e. The Bertz CT molecular complexity index is 346. The first-order valence-corrected chi connectivity index (χ1v) is 7.77. The zero-order valence-corrected chi connectivity index (χ0v) is 13.2. The van der Waals surface area contributed by atoms with Crippen molar-refractivity contribution >= 4 is 23.4 Å². The van der Waals surface area contributed by atoms with Crippen LogP contribution in [0.3, 0.4) is 0 Å². The number of thioether (sulfide) groups is 1. The number of pyridine rings is 1. The summed E-state index contributed by atoms with van der Waals surface area (Å²) in [6.45, 7) is 10.1. The number of hydrogen-bond donors (Lipinski definition) is 1. The molecule has 1 unspecified atom stereocenters. The third-order valence-corrected chi connectivity index (χ3v) is 4.05. The predicted molar refractivity (Wildman–Crippen MR) is 81.5 cm³/mol. The Morgan fingerprint density at radius 2 is 2.11 bits per heavy atom. The Morgan fingerprint density at radius 3 is 2.61 bits per heavy atom. The average Bonchev–Trinajstić information content (AvgIpc) is 2.30. The fourth-order valence-corrected chi connectivity index (χ4v) is 2.91. The molecule has 1 aromatic heterocycles. The molecule has 0 aliphatic carbocycles. The van der Waals surface area contributed by atoms with Crippen LogP contribution in [0.15, 0.2) is 23.4 Å². The highest BCUT2D eigenvalue weighted by atomic mass is 35.5. The zero-order chi connectivity index (χ0) is 13.6. The van der Waals surface area contributed by atoms with Crippen molar-refractivity contribution in [2.45, 2.75) is 45.2 Å². The van der Waals surface area contributed by atoms with Crippen LogP contribution in [0.2, 0.25) is 5.02 Å². The Balaban J connectivity index is 2.53. The fraction of sp³-hybridized carbons (Fsp3) is 0.643. The minimum atomic E-state index is 0.259. The lowest BCUT2D eigenvalue weighted by Gasteiger charge is -2.31. The molecule has 0 amide bonds. The summed E-state index contributed by atoms with van der Waals surface area (Å²) in [7, 11) is 0. The van der Waals surface area contributed by atoms with Gasteiger partial charge in [-0.15, -0.1) is 11.8 Å². The van der Waals surface area contributed by atoms with E-state index in [0.29, 0.717) is 11.1 Å². The predicted octanol–water partition coefficient (Wildman–Crippen LogP) is 4.24.